The Labute approximate surface area is 120 Å². The van der Waals surface area contributed by atoms with Crippen molar-refractivity contribution in [1.29, 1.82) is 0 Å². The summed E-state index contributed by atoms with van der Waals surface area (Å²) in [5.74, 6) is 0. The number of carbonyl (C=O) groups is 2. The number of nitro benzene ring substituents is 1. The third-order valence-electron chi connectivity index (χ3n) is 2.72. The summed E-state index contributed by atoms with van der Waals surface area (Å²) < 4.78 is 4.42. The number of nitro groups is 1. The molecule has 0 unspecified atom stereocenters. The Morgan fingerprint density at radius 3 is 2.38 bits per heavy atom. The number of hydrogen-bond acceptors (Lipinski definition) is 6. The van der Waals surface area contributed by atoms with E-state index in [1.165, 1.54) is 12.1 Å². The number of urea groups is 1. The predicted molar refractivity (Wildman–Crippen MR) is 73.5 cm³/mol. The molecule has 0 aliphatic heterocycles. The van der Waals surface area contributed by atoms with Crippen molar-refractivity contribution in [3.8, 4) is 0 Å². The van der Waals surface area contributed by atoms with Gasteiger partial charge in [-0.2, -0.15) is 0 Å². The molecule has 0 aromatic heterocycles. The number of non-ortho nitro benzene ring substituents is 1. The number of nitrogens with two attached hydrogens (primary N) is 2. The molecule has 21 heavy (non-hydrogen) atoms. The summed E-state index contributed by atoms with van der Waals surface area (Å²) in [6.45, 7) is -0.112. The van der Waals surface area contributed by atoms with Crippen LogP contribution < -0.4 is 11.5 Å². The van der Waals surface area contributed by atoms with E-state index in [4.69, 9.17) is 11.5 Å². The summed E-state index contributed by atoms with van der Waals surface area (Å²) in [6, 6.07) is 4.30. The summed E-state index contributed by atoms with van der Waals surface area (Å²) in [5, 5.41) is 10.5. The maximum absolute atomic E-state index is 11.3. The van der Waals surface area contributed by atoms with E-state index in [0.717, 1.165) is 12.7 Å². The van der Waals surface area contributed by atoms with Crippen molar-refractivity contribution in [1.82, 2.24) is 4.90 Å². The number of carbonyl (C=O) groups excluding carboxylic acids is 2. The highest BCUT2D eigenvalue weighted by Gasteiger charge is 2.22. The predicted octanol–water partition coefficient (Wildman–Crippen LogP) is 0.612. The Hall–Kier alpha value is -2.68. The fourth-order valence-corrected chi connectivity index (χ4v) is 1.72. The van der Waals surface area contributed by atoms with Crippen LogP contribution in [0, 0.1) is 10.1 Å². The third kappa shape index (κ3) is 4.73. The summed E-state index contributed by atoms with van der Waals surface area (Å²) in [6.07, 6.45) is -0.569. The van der Waals surface area contributed by atoms with E-state index in [1.807, 2.05) is 0 Å². The van der Waals surface area contributed by atoms with Crippen LogP contribution in [0.15, 0.2) is 24.3 Å². The zero-order valence-corrected chi connectivity index (χ0v) is 11.4. The molecule has 114 valence electrons. The smallest absolute Gasteiger partial charge is 0.417 e. The monoisotopic (exact) mass is 296 g/mol. The van der Waals surface area contributed by atoms with Crippen LogP contribution in [0.5, 0.6) is 0 Å². The van der Waals surface area contributed by atoms with Crippen LogP contribution in [-0.4, -0.2) is 41.6 Å². The van der Waals surface area contributed by atoms with Gasteiger partial charge in [0.25, 0.3) is 5.69 Å². The van der Waals surface area contributed by atoms with Gasteiger partial charge in [-0.1, -0.05) is 12.1 Å². The van der Waals surface area contributed by atoms with Gasteiger partial charge in [-0.3, -0.25) is 10.1 Å². The van der Waals surface area contributed by atoms with Gasteiger partial charge < -0.3 is 16.2 Å². The van der Waals surface area contributed by atoms with Crippen molar-refractivity contribution in [3.63, 3.8) is 0 Å². The van der Waals surface area contributed by atoms with Crippen molar-refractivity contribution in [2.24, 2.45) is 11.5 Å². The molecule has 4 N–H and O–H groups in total. The van der Waals surface area contributed by atoms with Gasteiger partial charge in [-0.25, -0.2) is 14.5 Å². The molecule has 1 aromatic carbocycles. The summed E-state index contributed by atoms with van der Waals surface area (Å²) in [4.78, 5) is 33.2. The summed E-state index contributed by atoms with van der Waals surface area (Å²) in [7, 11) is 1.13. The number of imide groups is 1. The molecule has 1 atom stereocenters. The standard InChI is InChI=1S/C12H16N4O5/c1-21-12(18)15(11(14)17)7-9(13)6-8-2-4-10(5-3-8)16(19)20/h2-5,9H,6-7,13H2,1H3,(H2,14,17)/t9-/m1/s1. The number of nitrogens with zero attached hydrogens (tertiary/aromatic N) is 2. The maximum atomic E-state index is 11.3. The number of primary amides is 1. The van der Waals surface area contributed by atoms with Crippen molar-refractivity contribution < 1.29 is 19.2 Å². The summed E-state index contributed by atoms with van der Waals surface area (Å²) in [5.41, 5.74) is 11.6. The van der Waals surface area contributed by atoms with Gasteiger partial charge in [0.15, 0.2) is 0 Å². The maximum Gasteiger partial charge on any atom is 0.417 e. The van der Waals surface area contributed by atoms with Crippen LogP contribution in [0.1, 0.15) is 5.56 Å². The van der Waals surface area contributed by atoms with Gasteiger partial charge in [-0.05, 0) is 12.0 Å². The van der Waals surface area contributed by atoms with Crippen LogP contribution in [0.2, 0.25) is 0 Å². The second kappa shape index (κ2) is 7.20. The molecule has 1 aromatic rings. The van der Waals surface area contributed by atoms with E-state index in [9.17, 15) is 19.7 Å². The zero-order valence-electron chi connectivity index (χ0n) is 11.4. The van der Waals surface area contributed by atoms with Crippen molar-refractivity contribution in [2.45, 2.75) is 12.5 Å². The minimum atomic E-state index is -0.957. The molecule has 0 aliphatic carbocycles. The lowest BCUT2D eigenvalue weighted by molar-refractivity contribution is -0.384. The molecule has 9 nitrogen and oxygen atoms in total. The number of hydrogen-bond donors (Lipinski definition) is 2. The normalized spacial score (nSPS) is 11.5. The quantitative estimate of drug-likeness (QED) is 0.602. The molecule has 0 saturated carbocycles. The van der Waals surface area contributed by atoms with Crippen LogP contribution >= 0.6 is 0 Å². The minimum Gasteiger partial charge on any atom is -0.452 e. The molecule has 1 rings (SSSR count). The molecule has 0 radical (unpaired) electrons. The second-order valence-corrected chi connectivity index (χ2v) is 4.31. The molecular formula is C12H16N4O5. The Morgan fingerprint density at radius 2 is 1.95 bits per heavy atom. The molecule has 0 spiro atoms. The fraction of sp³-hybridized carbons (Fsp3) is 0.333. The first-order valence-electron chi connectivity index (χ1n) is 5.99. The van der Waals surface area contributed by atoms with E-state index < -0.39 is 23.1 Å². The van der Waals surface area contributed by atoms with Crippen LogP contribution in [0.25, 0.3) is 0 Å². The van der Waals surface area contributed by atoms with Gasteiger partial charge >= 0.3 is 12.1 Å². The lowest BCUT2D eigenvalue weighted by Crippen LogP contribution is -2.47. The molecule has 0 saturated heterocycles. The van der Waals surface area contributed by atoms with E-state index in [2.05, 4.69) is 4.74 Å². The first-order valence-corrected chi connectivity index (χ1v) is 5.99. The SMILES string of the molecule is COC(=O)N(C[C@H](N)Cc1ccc([N+](=O)[O-])cc1)C(N)=O. The van der Waals surface area contributed by atoms with E-state index >= 15 is 0 Å². The van der Waals surface area contributed by atoms with Crippen molar-refractivity contribution >= 4 is 17.8 Å². The Balaban J connectivity index is 2.67. The largest absolute Gasteiger partial charge is 0.452 e. The van der Waals surface area contributed by atoms with Crippen LogP contribution in [-0.2, 0) is 11.2 Å². The van der Waals surface area contributed by atoms with Gasteiger partial charge in [0, 0.05) is 24.7 Å². The molecule has 3 amide bonds. The van der Waals surface area contributed by atoms with E-state index in [0.29, 0.717) is 11.3 Å². The Kier molecular flexibility index (Phi) is 5.61. The lowest BCUT2D eigenvalue weighted by atomic mass is 10.1. The number of amides is 3. The third-order valence-corrected chi connectivity index (χ3v) is 2.72. The topological polar surface area (TPSA) is 142 Å². The van der Waals surface area contributed by atoms with E-state index in [-0.39, 0.29) is 12.2 Å². The molecule has 0 bridgehead atoms. The average Bonchev–Trinajstić information content (AvgIpc) is 2.44. The Morgan fingerprint density at radius 1 is 1.38 bits per heavy atom. The van der Waals surface area contributed by atoms with Crippen molar-refractivity contribution in [2.75, 3.05) is 13.7 Å². The number of methoxy groups -OCH3 is 1. The zero-order chi connectivity index (χ0) is 16.0. The van der Waals surface area contributed by atoms with Crippen LogP contribution in [0.4, 0.5) is 15.3 Å². The van der Waals surface area contributed by atoms with Gasteiger partial charge in [-0.15, -0.1) is 0 Å². The second-order valence-electron chi connectivity index (χ2n) is 4.31. The highest BCUT2D eigenvalue weighted by Crippen LogP contribution is 2.13. The highest BCUT2D eigenvalue weighted by atomic mass is 16.6. The fourth-order valence-electron chi connectivity index (χ4n) is 1.72. The van der Waals surface area contributed by atoms with Crippen molar-refractivity contribution in [3.05, 3.63) is 39.9 Å². The molecular weight excluding hydrogens is 280 g/mol. The first-order chi connectivity index (χ1) is 9.85. The van der Waals surface area contributed by atoms with Gasteiger partial charge in [0.2, 0.25) is 0 Å². The number of ether oxygens (including phenoxy) is 1. The number of rotatable bonds is 5. The lowest BCUT2D eigenvalue weighted by Gasteiger charge is -2.21. The Bertz CT molecular complexity index is 531. The summed E-state index contributed by atoms with van der Waals surface area (Å²) >= 11 is 0. The average molecular weight is 296 g/mol. The molecule has 0 fully saturated rings. The molecule has 0 heterocycles. The van der Waals surface area contributed by atoms with Crippen LogP contribution in [0.3, 0.4) is 0 Å². The first kappa shape index (κ1) is 16.4. The minimum absolute atomic E-state index is 0.0272. The number of benzene rings is 1. The highest BCUT2D eigenvalue weighted by molar-refractivity contribution is 5.89. The van der Waals surface area contributed by atoms with Gasteiger partial charge in [0.1, 0.15) is 0 Å². The molecule has 9 heteroatoms. The van der Waals surface area contributed by atoms with E-state index in [1.54, 1.807) is 12.1 Å². The molecule has 0 aliphatic rings. The van der Waals surface area contributed by atoms with Gasteiger partial charge in [0.05, 0.1) is 12.0 Å².